The van der Waals surface area contributed by atoms with Crippen LogP contribution in [0.4, 0.5) is 0 Å². The normalized spacial score (nSPS) is 11.6. The molecule has 0 saturated heterocycles. The van der Waals surface area contributed by atoms with Crippen LogP contribution in [0.2, 0.25) is 5.02 Å². The van der Waals surface area contributed by atoms with E-state index in [1.807, 2.05) is 95.6 Å². The third kappa shape index (κ3) is 6.44. The minimum Gasteiger partial charge on any atom is -0.272 e. The van der Waals surface area contributed by atoms with E-state index in [0.29, 0.717) is 16.0 Å². The van der Waals surface area contributed by atoms with Gasteiger partial charge in [-0.1, -0.05) is 71.9 Å². The number of nitrogens with zero attached hydrogens (tertiary/aromatic N) is 4. The predicted molar refractivity (Wildman–Crippen MR) is 143 cm³/mol. The van der Waals surface area contributed by atoms with Crippen LogP contribution in [0.1, 0.15) is 5.56 Å². The van der Waals surface area contributed by atoms with Crippen LogP contribution in [-0.2, 0) is 4.79 Å². The van der Waals surface area contributed by atoms with E-state index in [1.54, 1.807) is 6.21 Å². The summed E-state index contributed by atoms with van der Waals surface area (Å²) in [6.07, 6.45) is 3.45. The number of carbonyl (C=O) groups excluding carboxylic acids is 1. The molecule has 0 aliphatic heterocycles. The summed E-state index contributed by atoms with van der Waals surface area (Å²) in [6, 6.07) is 27.0. The van der Waals surface area contributed by atoms with Gasteiger partial charge in [-0.15, -0.1) is 10.2 Å². The SMILES string of the molecule is O=C(CSc1nnc(-c2ccc(Cl)cc2)n1-c1ccccc1)N/N=C\C(Br)=C\c1ccccc1. The Morgan fingerprint density at radius 1 is 1.00 bits per heavy atom. The Bertz CT molecular complexity index is 1310. The first kappa shape index (κ1) is 23.9. The fourth-order valence-corrected chi connectivity index (χ4v) is 4.27. The molecule has 0 aliphatic carbocycles. The molecular formula is C25H19BrClN5OS. The summed E-state index contributed by atoms with van der Waals surface area (Å²) < 4.78 is 2.66. The van der Waals surface area contributed by atoms with Crippen molar-refractivity contribution < 1.29 is 4.79 Å². The minimum absolute atomic E-state index is 0.128. The number of allylic oxidation sites excluding steroid dienone is 1. The Hall–Kier alpha value is -3.20. The third-order valence-electron chi connectivity index (χ3n) is 4.56. The molecule has 0 aliphatic rings. The number of hydrazone groups is 1. The first-order chi connectivity index (χ1) is 16.6. The van der Waals surface area contributed by atoms with Crippen molar-refractivity contribution in [1.29, 1.82) is 0 Å². The van der Waals surface area contributed by atoms with Gasteiger partial charge in [0.25, 0.3) is 5.91 Å². The zero-order valence-electron chi connectivity index (χ0n) is 17.8. The average Bonchev–Trinajstić information content (AvgIpc) is 3.28. The van der Waals surface area contributed by atoms with E-state index in [0.717, 1.165) is 21.3 Å². The molecule has 1 amide bonds. The molecule has 0 radical (unpaired) electrons. The van der Waals surface area contributed by atoms with E-state index in [4.69, 9.17) is 11.6 Å². The average molecular weight is 553 g/mol. The van der Waals surface area contributed by atoms with Gasteiger partial charge in [-0.25, -0.2) is 5.43 Å². The first-order valence-corrected chi connectivity index (χ1v) is 12.4. The van der Waals surface area contributed by atoms with Gasteiger partial charge in [-0.2, -0.15) is 5.10 Å². The zero-order chi connectivity index (χ0) is 23.8. The van der Waals surface area contributed by atoms with Gasteiger partial charge >= 0.3 is 0 Å². The molecule has 170 valence electrons. The fraction of sp³-hybridized carbons (Fsp3) is 0.0400. The number of carbonyl (C=O) groups is 1. The van der Waals surface area contributed by atoms with Gasteiger partial charge in [-0.3, -0.25) is 9.36 Å². The molecule has 6 nitrogen and oxygen atoms in total. The van der Waals surface area contributed by atoms with Crippen LogP contribution < -0.4 is 5.43 Å². The van der Waals surface area contributed by atoms with Crippen LogP contribution >= 0.6 is 39.3 Å². The van der Waals surface area contributed by atoms with Crippen LogP contribution in [0.5, 0.6) is 0 Å². The van der Waals surface area contributed by atoms with Gasteiger partial charge in [0.2, 0.25) is 0 Å². The summed E-state index contributed by atoms with van der Waals surface area (Å²) >= 11 is 10.7. The molecule has 0 saturated carbocycles. The molecule has 0 unspecified atom stereocenters. The van der Waals surface area contributed by atoms with Crippen molar-refractivity contribution in [2.24, 2.45) is 5.10 Å². The maximum absolute atomic E-state index is 12.4. The smallest absolute Gasteiger partial charge is 0.250 e. The highest BCUT2D eigenvalue weighted by molar-refractivity contribution is 9.12. The molecule has 4 rings (SSSR count). The molecule has 0 bridgehead atoms. The summed E-state index contributed by atoms with van der Waals surface area (Å²) in [5.74, 6) is 0.541. The molecule has 0 fully saturated rings. The van der Waals surface area contributed by atoms with Crippen LogP contribution in [0.25, 0.3) is 23.2 Å². The monoisotopic (exact) mass is 551 g/mol. The maximum Gasteiger partial charge on any atom is 0.250 e. The van der Waals surface area contributed by atoms with Crippen molar-refractivity contribution in [3.8, 4) is 17.1 Å². The summed E-state index contributed by atoms with van der Waals surface area (Å²) in [4.78, 5) is 12.4. The second-order valence-electron chi connectivity index (χ2n) is 7.01. The molecular weight excluding hydrogens is 534 g/mol. The van der Waals surface area contributed by atoms with Gasteiger partial charge in [0.05, 0.1) is 12.0 Å². The van der Waals surface area contributed by atoms with Gasteiger partial charge in [0, 0.05) is 20.8 Å². The summed E-state index contributed by atoms with van der Waals surface area (Å²) in [6.45, 7) is 0. The molecule has 4 aromatic rings. The van der Waals surface area contributed by atoms with Crippen molar-refractivity contribution >= 4 is 57.5 Å². The highest BCUT2D eigenvalue weighted by Crippen LogP contribution is 2.28. The van der Waals surface area contributed by atoms with Gasteiger partial charge in [0.1, 0.15) is 0 Å². The fourth-order valence-electron chi connectivity index (χ4n) is 3.03. The van der Waals surface area contributed by atoms with E-state index in [9.17, 15) is 4.79 Å². The number of nitrogens with one attached hydrogen (secondary N) is 1. The Morgan fingerprint density at radius 2 is 1.68 bits per heavy atom. The number of thioether (sulfide) groups is 1. The molecule has 34 heavy (non-hydrogen) atoms. The van der Waals surface area contributed by atoms with Gasteiger partial charge < -0.3 is 0 Å². The summed E-state index contributed by atoms with van der Waals surface area (Å²) in [5.41, 5.74) is 5.34. The van der Waals surface area contributed by atoms with Gasteiger partial charge in [-0.05, 0) is 64.0 Å². The minimum atomic E-state index is -0.253. The molecule has 3 aromatic carbocycles. The van der Waals surface area contributed by atoms with E-state index in [-0.39, 0.29) is 11.7 Å². The second kappa shape index (κ2) is 11.8. The Kier molecular flexibility index (Phi) is 8.30. The van der Waals surface area contributed by atoms with Crippen molar-refractivity contribution in [2.45, 2.75) is 5.16 Å². The lowest BCUT2D eigenvalue weighted by atomic mass is 10.2. The predicted octanol–water partition coefficient (Wildman–Crippen LogP) is 6.22. The van der Waals surface area contributed by atoms with Crippen molar-refractivity contribution in [2.75, 3.05) is 5.75 Å². The number of hydrogen-bond donors (Lipinski definition) is 1. The van der Waals surface area contributed by atoms with Crippen LogP contribution in [0, 0.1) is 0 Å². The number of hydrogen-bond acceptors (Lipinski definition) is 5. The molecule has 0 atom stereocenters. The lowest BCUT2D eigenvalue weighted by Crippen LogP contribution is -2.19. The molecule has 1 aromatic heterocycles. The number of amides is 1. The van der Waals surface area contributed by atoms with Crippen molar-refractivity contribution in [3.63, 3.8) is 0 Å². The first-order valence-electron chi connectivity index (χ1n) is 10.2. The Morgan fingerprint density at radius 3 is 2.38 bits per heavy atom. The summed E-state index contributed by atoms with van der Waals surface area (Å²) in [7, 11) is 0. The standard InChI is InChI=1S/C25H19BrClN5OS/c26-20(15-18-7-3-1-4-8-18)16-28-29-23(33)17-34-25-31-30-24(19-11-13-21(27)14-12-19)32(25)22-9-5-2-6-10-22/h1-16H,17H2,(H,29,33)/b20-15-,28-16-. The topological polar surface area (TPSA) is 72.2 Å². The zero-order valence-corrected chi connectivity index (χ0v) is 21.0. The van der Waals surface area contributed by atoms with Crippen molar-refractivity contribution in [1.82, 2.24) is 20.2 Å². The highest BCUT2D eigenvalue weighted by Gasteiger charge is 2.17. The number of benzene rings is 3. The number of halogens is 2. The Balaban J connectivity index is 1.45. The molecule has 1 heterocycles. The lowest BCUT2D eigenvalue weighted by molar-refractivity contribution is -0.118. The molecule has 9 heteroatoms. The van der Waals surface area contributed by atoms with Crippen LogP contribution in [0.15, 0.2) is 99.7 Å². The van der Waals surface area contributed by atoms with Crippen LogP contribution in [0.3, 0.4) is 0 Å². The van der Waals surface area contributed by atoms with E-state index < -0.39 is 0 Å². The highest BCUT2D eigenvalue weighted by atomic mass is 79.9. The number of rotatable bonds is 8. The van der Waals surface area contributed by atoms with E-state index in [1.165, 1.54) is 11.8 Å². The largest absolute Gasteiger partial charge is 0.272 e. The Labute approximate surface area is 214 Å². The second-order valence-corrected chi connectivity index (χ2v) is 9.30. The molecule has 0 spiro atoms. The molecule has 1 N–H and O–H groups in total. The lowest BCUT2D eigenvalue weighted by Gasteiger charge is -2.10. The maximum atomic E-state index is 12.4. The van der Waals surface area contributed by atoms with Gasteiger partial charge in [0.15, 0.2) is 11.0 Å². The quantitative estimate of drug-likeness (QED) is 0.160. The number of para-hydroxylation sites is 1. The summed E-state index contributed by atoms with van der Waals surface area (Å²) in [5, 5.41) is 14.0. The number of aromatic nitrogens is 3. The van der Waals surface area contributed by atoms with Crippen molar-refractivity contribution in [3.05, 3.63) is 100.0 Å². The van der Waals surface area contributed by atoms with Crippen LogP contribution in [-0.4, -0.2) is 32.6 Å². The van der Waals surface area contributed by atoms with E-state index >= 15 is 0 Å². The third-order valence-corrected chi connectivity index (χ3v) is 6.18. The van der Waals surface area contributed by atoms with E-state index in [2.05, 4.69) is 36.7 Å².